The van der Waals surface area contributed by atoms with E-state index in [1.165, 1.54) is 4.90 Å². The van der Waals surface area contributed by atoms with Crippen molar-refractivity contribution in [3.8, 4) is 0 Å². The fourth-order valence-corrected chi connectivity index (χ4v) is 1.84. The van der Waals surface area contributed by atoms with E-state index in [0.717, 1.165) is 0 Å². The van der Waals surface area contributed by atoms with E-state index < -0.39 is 17.2 Å². The zero-order chi connectivity index (χ0) is 12.8. The average Bonchev–Trinajstić information content (AvgIpc) is 2.34. The first kappa shape index (κ1) is 11.7. The van der Waals surface area contributed by atoms with E-state index in [0.29, 0.717) is 0 Å². The molecule has 2 fully saturated rings. The van der Waals surface area contributed by atoms with Gasteiger partial charge in [0.15, 0.2) is 0 Å². The van der Waals surface area contributed by atoms with E-state index in [1.54, 1.807) is 20.8 Å². The summed E-state index contributed by atoms with van der Waals surface area (Å²) in [5.74, 6) is 0.113. The molecule has 0 saturated carbocycles. The Morgan fingerprint density at radius 1 is 1.47 bits per heavy atom. The predicted octanol–water partition coefficient (Wildman–Crippen LogP) is 0.266. The van der Waals surface area contributed by atoms with Gasteiger partial charge >= 0.3 is 12.1 Å². The summed E-state index contributed by atoms with van der Waals surface area (Å²) in [5.41, 5.74) is -1.27. The summed E-state index contributed by atoms with van der Waals surface area (Å²) in [6.45, 7) is 5.93. The van der Waals surface area contributed by atoms with Gasteiger partial charge in [-0.25, -0.2) is 9.59 Å². The molecule has 2 heterocycles. The third-order valence-corrected chi connectivity index (χ3v) is 2.64. The Labute approximate surface area is 99.0 Å². The first-order chi connectivity index (χ1) is 7.72. The van der Waals surface area contributed by atoms with E-state index in [9.17, 15) is 9.59 Å². The van der Waals surface area contributed by atoms with Crippen LogP contribution in [0, 0.1) is 5.41 Å². The van der Waals surface area contributed by atoms with E-state index in [2.05, 4.69) is 10.6 Å². The number of nitrogens with one attached hydrogen (secondary N) is 3. The highest BCUT2D eigenvalue weighted by Crippen LogP contribution is 2.26. The molecule has 7 nitrogen and oxygen atoms in total. The lowest BCUT2D eigenvalue weighted by Gasteiger charge is -2.46. The van der Waals surface area contributed by atoms with Crippen molar-refractivity contribution in [2.75, 3.05) is 13.1 Å². The van der Waals surface area contributed by atoms with Gasteiger partial charge in [0, 0.05) is 0 Å². The minimum Gasteiger partial charge on any atom is -0.444 e. The van der Waals surface area contributed by atoms with Crippen LogP contribution in [0.1, 0.15) is 20.8 Å². The standard InChI is InChI=1S/C10H16N4O3/c1-9(2,3)17-8(16)14-4-10(5-14)6(11)12-7(15)13-10/h4-5H2,1-3H3,(H3,11,12,13,15). The number of nitrogens with zero attached hydrogens (tertiary/aromatic N) is 1. The van der Waals surface area contributed by atoms with Crippen molar-refractivity contribution in [1.29, 1.82) is 5.41 Å². The van der Waals surface area contributed by atoms with Gasteiger partial charge in [0.2, 0.25) is 0 Å². The second-order valence-corrected chi connectivity index (χ2v) is 5.37. The zero-order valence-corrected chi connectivity index (χ0v) is 10.1. The number of ether oxygens (including phenoxy) is 1. The maximum Gasteiger partial charge on any atom is 0.410 e. The van der Waals surface area contributed by atoms with Crippen molar-refractivity contribution >= 4 is 18.0 Å². The highest BCUT2D eigenvalue weighted by molar-refractivity contribution is 6.10. The largest absolute Gasteiger partial charge is 0.444 e. The van der Waals surface area contributed by atoms with Crippen molar-refractivity contribution in [1.82, 2.24) is 15.5 Å². The number of urea groups is 1. The Morgan fingerprint density at radius 2 is 2.06 bits per heavy atom. The molecule has 0 aliphatic carbocycles. The molecule has 0 unspecified atom stereocenters. The second-order valence-electron chi connectivity index (χ2n) is 5.37. The number of carbonyl (C=O) groups is 2. The molecule has 1 spiro atoms. The van der Waals surface area contributed by atoms with E-state index in [1.807, 2.05) is 0 Å². The summed E-state index contributed by atoms with van der Waals surface area (Å²) in [6, 6.07) is -0.390. The van der Waals surface area contributed by atoms with Gasteiger partial charge < -0.3 is 15.0 Å². The zero-order valence-electron chi connectivity index (χ0n) is 10.1. The summed E-state index contributed by atoms with van der Waals surface area (Å²) >= 11 is 0. The van der Waals surface area contributed by atoms with Gasteiger partial charge in [-0.15, -0.1) is 0 Å². The summed E-state index contributed by atoms with van der Waals surface area (Å²) in [4.78, 5) is 24.2. The van der Waals surface area contributed by atoms with Crippen LogP contribution < -0.4 is 10.6 Å². The molecule has 0 atom stereocenters. The quantitative estimate of drug-likeness (QED) is 0.567. The van der Waals surface area contributed by atoms with Gasteiger partial charge in [0.05, 0.1) is 13.1 Å². The number of amides is 3. The van der Waals surface area contributed by atoms with Crippen LogP contribution in [0.15, 0.2) is 0 Å². The molecule has 2 saturated heterocycles. The second kappa shape index (κ2) is 3.35. The minimum atomic E-state index is -0.728. The van der Waals surface area contributed by atoms with Crippen molar-refractivity contribution in [2.45, 2.75) is 31.9 Å². The van der Waals surface area contributed by atoms with Crippen LogP contribution in [0.3, 0.4) is 0 Å². The number of hydrogen-bond acceptors (Lipinski definition) is 4. The Bertz CT molecular complexity index is 393. The fraction of sp³-hybridized carbons (Fsp3) is 0.700. The molecule has 2 aliphatic rings. The predicted molar refractivity (Wildman–Crippen MR) is 59.9 cm³/mol. The third-order valence-electron chi connectivity index (χ3n) is 2.64. The number of amidine groups is 1. The molecule has 0 aromatic rings. The van der Waals surface area contributed by atoms with Crippen molar-refractivity contribution in [3.63, 3.8) is 0 Å². The van der Waals surface area contributed by atoms with Gasteiger partial charge in [-0.05, 0) is 20.8 Å². The van der Waals surface area contributed by atoms with Crippen LogP contribution in [0.5, 0.6) is 0 Å². The molecule has 3 amide bonds. The highest BCUT2D eigenvalue weighted by atomic mass is 16.6. The van der Waals surface area contributed by atoms with Crippen LogP contribution >= 0.6 is 0 Å². The first-order valence-electron chi connectivity index (χ1n) is 5.38. The monoisotopic (exact) mass is 240 g/mol. The topological polar surface area (TPSA) is 94.5 Å². The van der Waals surface area contributed by atoms with Gasteiger partial charge in [0.25, 0.3) is 0 Å². The van der Waals surface area contributed by atoms with Crippen LogP contribution in [0.4, 0.5) is 9.59 Å². The smallest absolute Gasteiger partial charge is 0.410 e. The Balaban J connectivity index is 1.93. The molecule has 0 radical (unpaired) electrons. The Kier molecular flexibility index (Phi) is 2.30. The molecule has 3 N–H and O–H groups in total. The molecular weight excluding hydrogens is 224 g/mol. The number of carbonyl (C=O) groups excluding carboxylic acids is 2. The van der Waals surface area contributed by atoms with E-state index in [-0.39, 0.29) is 25.0 Å². The fourth-order valence-electron chi connectivity index (χ4n) is 1.84. The lowest BCUT2D eigenvalue weighted by molar-refractivity contribution is -0.000158. The maximum atomic E-state index is 11.7. The van der Waals surface area contributed by atoms with Gasteiger partial charge in [-0.3, -0.25) is 10.7 Å². The van der Waals surface area contributed by atoms with Crippen LogP contribution in [0.2, 0.25) is 0 Å². The lowest BCUT2D eigenvalue weighted by atomic mass is 9.90. The van der Waals surface area contributed by atoms with E-state index in [4.69, 9.17) is 10.1 Å². The summed E-state index contributed by atoms with van der Waals surface area (Å²) < 4.78 is 5.19. The molecular formula is C10H16N4O3. The summed E-state index contributed by atoms with van der Waals surface area (Å²) in [6.07, 6.45) is -0.419. The molecule has 0 bridgehead atoms. The van der Waals surface area contributed by atoms with Crippen LogP contribution in [-0.2, 0) is 4.74 Å². The van der Waals surface area contributed by atoms with Crippen molar-refractivity contribution < 1.29 is 14.3 Å². The number of hydrogen-bond donors (Lipinski definition) is 3. The number of rotatable bonds is 0. The normalized spacial score (nSPS) is 21.9. The lowest BCUT2D eigenvalue weighted by Crippen LogP contribution is -2.72. The average molecular weight is 240 g/mol. The third kappa shape index (κ3) is 2.04. The Morgan fingerprint density at radius 3 is 2.47 bits per heavy atom. The van der Waals surface area contributed by atoms with Gasteiger partial charge in [0.1, 0.15) is 17.0 Å². The molecule has 17 heavy (non-hydrogen) atoms. The maximum absolute atomic E-state index is 11.7. The molecule has 0 aromatic carbocycles. The molecule has 2 aliphatic heterocycles. The van der Waals surface area contributed by atoms with Crippen molar-refractivity contribution in [3.05, 3.63) is 0 Å². The molecule has 0 aromatic heterocycles. The van der Waals surface area contributed by atoms with Crippen LogP contribution in [-0.4, -0.2) is 47.1 Å². The van der Waals surface area contributed by atoms with Crippen LogP contribution in [0.25, 0.3) is 0 Å². The Hall–Kier alpha value is -1.79. The highest BCUT2D eigenvalue weighted by Gasteiger charge is 2.54. The van der Waals surface area contributed by atoms with E-state index >= 15 is 0 Å². The van der Waals surface area contributed by atoms with Crippen molar-refractivity contribution in [2.24, 2.45) is 0 Å². The summed E-state index contributed by atoms with van der Waals surface area (Å²) in [7, 11) is 0. The number of likely N-dealkylation sites (tertiary alicyclic amines) is 1. The SMILES string of the molecule is CC(C)(C)OC(=O)N1CC2(C1)NC(=O)NC2=N. The van der Waals surface area contributed by atoms with Gasteiger partial charge in [-0.2, -0.15) is 0 Å². The first-order valence-corrected chi connectivity index (χ1v) is 5.38. The molecule has 2 rings (SSSR count). The molecule has 94 valence electrons. The molecule has 7 heteroatoms. The summed E-state index contributed by atoms with van der Waals surface area (Å²) in [5, 5.41) is 12.6. The van der Waals surface area contributed by atoms with Gasteiger partial charge in [-0.1, -0.05) is 0 Å². The minimum absolute atomic E-state index is 0.113.